The molecule has 0 aromatic heterocycles. The van der Waals surface area contributed by atoms with Crippen molar-refractivity contribution in [3.63, 3.8) is 0 Å². The molecule has 1 aliphatic carbocycles. The van der Waals surface area contributed by atoms with Crippen molar-refractivity contribution in [2.24, 2.45) is 11.8 Å². The normalized spacial score (nSPS) is 22.4. The topological polar surface area (TPSA) is 66.4 Å². The highest BCUT2D eigenvalue weighted by molar-refractivity contribution is 7.98. The molecule has 0 aliphatic heterocycles. The molecule has 0 spiro atoms. The molecule has 2 atom stereocenters. The standard InChI is InChI=1S/C14H25NO3S/c1-19-10-5-3-2-4-9-15-13(16)11-7-6-8-12(11)14(17)18/h11-12H,2-10H2,1H3,(H,15,16)(H,17,18). The lowest BCUT2D eigenvalue weighted by Crippen LogP contribution is -2.35. The Morgan fingerprint density at radius 2 is 1.84 bits per heavy atom. The Morgan fingerprint density at radius 3 is 2.53 bits per heavy atom. The number of carbonyl (C=O) groups is 2. The Balaban J connectivity index is 2.12. The van der Waals surface area contributed by atoms with Crippen LogP contribution >= 0.6 is 11.8 Å². The van der Waals surface area contributed by atoms with Crippen LogP contribution in [0.3, 0.4) is 0 Å². The van der Waals surface area contributed by atoms with Crippen LogP contribution in [0.15, 0.2) is 0 Å². The fourth-order valence-corrected chi connectivity index (χ4v) is 3.13. The number of aliphatic carboxylic acids is 1. The lowest BCUT2D eigenvalue weighted by Gasteiger charge is -2.15. The fraction of sp³-hybridized carbons (Fsp3) is 0.857. The van der Waals surface area contributed by atoms with Gasteiger partial charge in [0.25, 0.3) is 0 Å². The lowest BCUT2D eigenvalue weighted by molar-refractivity contribution is -0.146. The highest BCUT2D eigenvalue weighted by Crippen LogP contribution is 2.31. The van der Waals surface area contributed by atoms with E-state index in [2.05, 4.69) is 11.6 Å². The molecule has 5 heteroatoms. The van der Waals surface area contributed by atoms with Gasteiger partial charge in [-0.3, -0.25) is 9.59 Å². The second kappa shape index (κ2) is 9.23. The molecule has 1 amide bonds. The van der Waals surface area contributed by atoms with Gasteiger partial charge in [0.15, 0.2) is 0 Å². The number of hydrogen-bond acceptors (Lipinski definition) is 3. The third-order valence-electron chi connectivity index (χ3n) is 3.74. The predicted molar refractivity (Wildman–Crippen MR) is 78.3 cm³/mol. The molecule has 0 saturated heterocycles. The van der Waals surface area contributed by atoms with Crippen molar-refractivity contribution < 1.29 is 14.7 Å². The Bertz CT molecular complexity index is 296. The summed E-state index contributed by atoms with van der Waals surface area (Å²) in [5.74, 6) is -0.464. The number of amides is 1. The van der Waals surface area contributed by atoms with Gasteiger partial charge in [-0.05, 0) is 37.7 Å². The predicted octanol–water partition coefficient (Wildman–Crippen LogP) is 2.53. The number of carbonyl (C=O) groups excluding carboxylic acids is 1. The Kier molecular flexibility index (Phi) is 7.94. The van der Waals surface area contributed by atoms with Crippen LogP contribution in [-0.4, -0.2) is 35.5 Å². The number of carboxylic acid groups (broad SMARTS) is 1. The average Bonchev–Trinajstić information content (AvgIpc) is 2.87. The summed E-state index contributed by atoms with van der Waals surface area (Å²) in [5, 5.41) is 11.9. The smallest absolute Gasteiger partial charge is 0.307 e. The van der Waals surface area contributed by atoms with Crippen molar-refractivity contribution in [3.8, 4) is 0 Å². The highest BCUT2D eigenvalue weighted by Gasteiger charge is 2.37. The Labute approximate surface area is 119 Å². The van der Waals surface area contributed by atoms with Crippen molar-refractivity contribution in [2.45, 2.75) is 44.9 Å². The summed E-state index contributed by atoms with van der Waals surface area (Å²) in [6, 6.07) is 0. The first-order valence-electron chi connectivity index (χ1n) is 7.16. The van der Waals surface area contributed by atoms with E-state index in [0.29, 0.717) is 13.0 Å². The molecule has 1 fully saturated rings. The number of carboxylic acids is 1. The van der Waals surface area contributed by atoms with Crippen molar-refractivity contribution >= 4 is 23.6 Å². The van der Waals surface area contributed by atoms with Crippen LogP contribution in [0.4, 0.5) is 0 Å². The molecule has 0 bridgehead atoms. The van der Waals surface area contributed by atoms with E-state index in [1.165, 1.54) is 18.6 Å². The largest absolute Gasteiger partial charge is 0.481 e. The third-order valence-corrected chi connectivity index (χ3v) is 4.44. The molecule has 110 valence electrons. The minimum absolute atomic E-state index is 0.0611. The van der Waals surface area contributed by atoms with E-state index in [1.54, 1.807) is 0 Å². The zero-order valence-electron chi connectivity index (χ0n) is 11.7. The molecule has 1 rings (SSSR count). The molecule has 1 saturated carbocycles. The highest BCUT2D eigenvalue weighted by atomic mass is 32.2. The van der Waals surface area contributed by atoms with Crippen LogP contribution in [0.25, 0.3) is 0 Å². The van der Waals surface area contributed by atoms with Gasteiger partial charge in [-0.2, -0.15) is 11.8 Å². The zero-order chi connectivity index (χ0) is 14.1. The van der Waals surface area contributed by atoms with Gasteiger partial charge in [0, 0.05) is 6.54 Å². The van der Waals surface area contributed by atoms with Gasteiger partial charge in [-0.25, -0.2) is 0 Å². The van der Waals surface area contributed by atoms with E-state index in [4.69, 9.17) is 5.11 Å². The van der Waals surface area contributed by atoms with Gasteiger partial charge in [0.1, 0.15) is 0 Å². The SMILES string of the molecule is CSCCCCCCNC(=O)C1CCCC1C(=O)O. The van der Waals surface area contributed by atoms with Gasteiger partial charge < -0.3 is 10.4 Å². The molecule has 0 radical (unpaired) electrons. The van der Waals surface area contributed by atoms with E-state index in [0.717, 1.165) is 25.7 Å². The van der Waals surface area contributed by atoms with E-state index in [9.17, 15) is 9.59 Å². The molecule has 0 heterocycles. The molecule has 2 N–H and O–H groups in total. The number of rotatable bonds is 9. The zero-order valence-corrected chi connectivity index (χ0v) is 12.5. The van der Waals surface area contributed by atoms with Crippen LogP contribution in [-0.2, 0) is 9.59 Å². The molecule has 1 aliphatic rings. The molecule has 4 nitrogen and oxygen atoms in total. The van der Waals surface area contributed by atoms with Crippen LogP contribution in [0.5, 0.6) is 0 Å². The number of nitrogens with one attached hydrogen (secondary N) is 1. The minimum Gasteiger partial charge on any atom is -0.481 e. The summed E-state index contributed by atoms with van der Waals surface area (Å²) in [7, 11) is 0. The average molecular weight is 287 g/mol. The maximum atomic E-state index is 11.9. The molecule has 0 aromatic carbocycles. The van der Waals surface area contributed by atoms with Gasteiger partial charge in [-0.15, -0.1) is 0 Å². The van der Waals surface area contributed by atoms with Crippen molar-refractivity contribution in [1.82, 2.24) is 5.32 Å². The quantitative estimate of drug-likeness (QED) is 0.640. The fourth-order valence-electron chi connectivity index (χ4n) is 2.64. The molecular formula is C14H25NO3S. The van der Waals surface area contributed by atoms with Gasteiger partial charge in [0.05, 0.1) is 11.8 Å². The lowest BCUT2D eigenvalue weighted by atomic mass is 9.95. The first-order valence-corrected chi connectivity index (χ1v) is 8.55. The van der Waals surface area contributed by atoms with Crippen LogP contribution in [0, 0.1) is 11.8 Å². The third kappa shape index (κ3) is 5.85. The van der Waals surface area contributed by atoms with E-state index < -0.39 is 11.9 Å². The Hall–Kier alpha value is -0.710. The summed E-state index contributed by atoms with van der Waals surface area (Å²) >= 11 is 1.86. The van der Waals surface area contributed by atoms with Crippen LogP contribution in [0.2, 0.25) is 0 Å². The first kappa shape index (κ1) is 16.3. The van der Waals surface area contributed by atoms with Gasteiger partial charge in [0.2, 0.25) is 5.91 Å². The molecule has 19 heavy (non-hydrogen) atoms. The van der Waals surface area contributed by atoms with Crippen molar-refractivity contribution in [2.75, 3.05) is 18.6 Å². The van der Waals surface area contributed by atoms with Gasteiger partial charge in [-0.1, -0.05) is 19.3 Å². The van der Waals surface area contributed by atoms with E-state index >= 15 is 0 Å². The summed E-state index contributed by atoms with van der Waals surface area (Å²) in [6.07, 6.45) is 8.89. The number of hydrogen-bond donors (Lipinski definition) is 2. The molecular weight excluding hydrogens is 262 g/mol. The minimum atomic E-state index is -0.824. The van der Waals surface area contributed by atoms with Crippen LogP contribution < -0.4 is 5.32 Å². The maximum absolute atomic E-state index is 11.9. The second-order valence-electron chi connectivity index (χ2n) is 5.18. The Morgan fingerprint density at radius 1 is 1.16 bits per heavy atom. The van der Waals surface area contributed by atoms with Gasteiger partial charge >= 0.3 is 5.97 Å². The van der Waals surface area contributed by atoms with E-state index in [-0.39, 0.29) is 11.8 Å². The van der Waals surface area contributed by atoms with E-state index in [1.807, 2.05) is 11.8 Å². The summed E-state index contributed by atoms with van der Waals surface area (Å²) in [6.45, 7) is 0.681. The summed E-state index contributed by atoms with van der Waals surface area (Å²) in [5.41, 5.74) is 0. The first-order chi connectivity index (χ1) is 9.16. The van der Waals surface area contributed by atoms with Crippen LogP contribution in [0.1, 0.15) is 44.9 Å². The molecule has 0 aromatic rings. The molecule has 2 unspecified atom stereocenters. The number of unbranched alkanes of at least 4 members (excludes halogenated alkanes) is 3. The second-order valence-corrected chi connectivity index (χ2v) is 6.17. The summed E-state index contributed by atoms with van der Waals surface area (Å²) in [4.78, 5) is 22.9. The summed E-state index contributed by atoms with van der Waals surface area (Å²) < 4.78 is 0. The maximum Gasteiger partial charge on any atom is 0.307 e. The number of thioether (sulfide) groups is 1. The monoisotopic (exact) mass is 287 g/mol. The van der Waals surface area contributed by atoms with Crippen molar-refractivity contribution in [1.29, 1.82) is 0 Å². The van der Waals surface area contributed by atoms with Crippen molar-refractivity contribution in [3.05, 3.63) is 0 Å².